The molecule has 3 aromatic carbocycles. The molecule has 11 heteroatoms. The van der Waals surface area contributed by atoms with Crippen molar-refractivity contribution in [3.63, 3.8) is 0 Å². The van der Waals surface area contributed by atoms with Gasteiger partial charge in [-0.1, -0.05) is 23.7 Å². The van der Waals surface area contributed by atoms with Gasteiger partial charge in [0.25, 0.3) is 10.0 Å². The zero-order chi connectivity index (χ0) is 29.7. The van der Waals surface area contributed by atoms with Gasteiger partial charge in [0.2, 0.25) is 11.8 Å². The number of ether oxygens (including phenoxy) is 1. The Morgan fingerprint density at radius 2 is 1.55 bits per heavy atom. The highest BCUT2D eigenvalue weighted by Gasteiger charge is 2.33. The van der Waals surface area contributed by atoms with Crippen molar-refractivity contribution in [3.05, 3.63) is 89.2 Å². The Kier molecular flexibility index (Phi) is 9.81. The summed E-state index contributed by atoms with van der Waals surface area (Å²) in [7, 11) is -2.83. The number of nitrogens with zero attached hydrogens (tertiary/aromatic N) is 2. The van der Waals surface area contributed by atoms with E-state index in [4.69, 9.17) is 16.3 Å². The van der Waals surface area contributed by atoms with E-state index in [1.54, 1.807) is 31.2 Å². The maximum Gasteiger partial charge on any atom is 0.264 e. The first kappa shape index (κ1) is 30.9. The van der Waals surface area contributed by atoms with Crippen LogP contribution in [0.15, 0.2) is 77.7 Å². The van der Waals surface area contributed by atoms with E-state index < -0.39 is 45.8 Å². The molecule has 40 heavy (non-hydrogen) atoms. The van der Waals surface area contributed by atoms with Crippen molar-refractivity contribution in [2.45, 2.75) is 50.7 Å². The number of sulfonamides is 1. The van der Waals surface area contributed by atoms with Gasteiger partial charge in [0.05, 0.1) is 17.7 Å². The van der Waals surface area contributed by atoms with E-state index in [2.05, 4.69) is 5.32 Å². The molecule has 0 aliphatic carbocycles. The molecule has 0 saturated carbocycles. The van der Waals surface area contributed by atoms with Crippen LogP contribution in [-0.2, 0) is 26.2 Å². The second kappa shape index (κ2) is 12.7. The highest BCUT2D eigenvalue weighted by Crippen LogP contribution is 2.26. The maximum atomic E-state index is 13.9. The van der Waals surface area contributed by atoms with Gasteiger partial charge in [-0.25, -0.2) is 12.8 Å². The number of amides is 2. The van der Waals surface area contributed by atoms with Crippen LogP contribution in [0.1, 0.15) is 33.3 Å². The highest BCUT2D eigenvalue weighted by molar-refractivity contribution is 7.92. The average Bonchev–Trinajstić information content (AvgIpc) is 2.90. The molecule has 1 N–H and O–H groups in total. The van der Waals surface area contributed by atoms with Crippen LogP contribution in [0.5, 0.6) is 5.75 Å². The van der Waals surface area contributed by atoms with Crippen molar-refractivity contribution < 1.29 is 27.1 Å². The van der Waals surface area contributed by atoms with Crippen molar-refractivity contribution in [3.8, 4) is 5.75 Å². The topological polar surface area (TPSA) is 96.0 Å². The Morgan fingerprint density at radius 1 is 0.975 bits per heavy atom. The van der Waals surface area contributed by atoms with Crippen LogP contribution in [0.25, 0.3) is 0 Å². The predicted molar refractivity (Wildman–Crippen MR) is 153 cm³/mol. The third-order valence-corrected chi connectivity index (χ3v) is 8.01. The van der Waals surface area contributed by atoms with Crippen LogP contribution in [0.4, 0.5) is 10.1 Å². The lowest BCUT2D eigenvalue weighted by molar-refractivity contribution is -0.140. The number of rotatable bonds is 10. The van der Waals surface area contributed by atoms with E-state index in [0.29, 0.717) is 16.3 Å². The molecule has 0 fully saturated rings. The van der Waals surface area contributed by atoms with Crippen LogP contribution < -0.4 is 14.4 Å². The van der Waals surface area contributed by atoms with Gasteiger partial charge in [-0.15, -0.1) is 0 Å². The van der Waals surface area contributed by atoms with Gasteiger partial charge in [0.15, 0.2) is 0 Å². The normalized spacial score (nSPS) is 12.4. The summed E-state index contributed by atoms with van der Waals surface area (Å²) in [6.45, 7) is 6.42. The number of methoxy groups -OCH3 is 1. The fourth-order valence-corrected chi connectivity index (χ4v) is 5.39. The number of hydrogen-bond donors (Lipinski definition) is 1. The van der Waals surface area contributed by atoms with Gasteiger partial charge in [0.1, 0.15) is 24.2 Å². The Balaban J connectivity index is 2.03. The first-order valence-corrected chi connectivity index (χ1v) is 14.3. The first-order chi connectivity index (χ1) is 18.7. The molecule has 0 aliphatic heterocycles. The number of nitrogens with one attached hydrogen (secondary N) is 1. The van der Waals surface area contributed by atoms with Crippen molar-refractivity contribution in [1.82, 2.24) is 10.2 Å². The quantitative estimate of drug-likeness (QED) is 0.358. The van der Waals surface area contributed by atoms with E-state index in [-0.39, 0.29) is 17.1 Å². The molecule has 0 aliphatic rings. The number of benzene rings is 3. The van der Waals surface area contributed by atoms with E-state index in [1.165, 1.54) is 48.4 Å². The van der Waals surface area contributed by atoms with E-state index in [0.717, 1.165) is 16.4 Å². The summed E-state index contributed by atoms with van der Waals surface area (Å²) in [5.74, 6) is -1.14. The SMILES string of the molecule is COc1ccc(S(=O)(=O)N(CC(=O)N(Cc2ccc(Cl)cc2)[C@H](C)C(=O)NC(C)(C)C)c2ccc(F)cc2)cc1. The molecule has 0 spiro atoms. The minimum Gasteiger partial charge on any atom is -0.497 e. The van der Waals surface area contributed by atoms with Crippen LogP contribution in [0.2, 0.25) is 5.02 Å². The average molecular weight is 590 g/mol. The van der Waals surface area contributed by atoms with Gasteiger partial charge in [-0.05, 0) is 93.9 Å². The Bertz CT molecular complexity index is 1420. The lowest BCUT2D eigenvalue weighted by atomic mass is 10.1. The molecule has 8 nitrogen and oxygen atoms in total. The van der Waals surface area contributed by atoms with Crippen LogP contribution in [-0.4, -0.2) is 50.4 Å². The smallest absolute Gasteiger partial charge is 0.264 e. The summed E-state index contributed by atoms with van der Waals surface area (Å²) in [4.78, 5) is 28.2. The fourth-order valence-electron chi connectivity index (χ4n) is 3.85. The highest BCUT2D eigenvalue weighted by atomic mass is 35.5. The predicted octanol–water partition coefficient (Wildman–Crippen LogP) is 5.02. The zero-order valence-corrected chi connectivity index (χ0v) is 24.6. The standard InChI is InChI=1S/C29H33ClFN3O5S/c1-20(28(36)32-29(2,3)4)33(18-21-6-8-22(30)9-7-21)27(35)19-34(24-12-10-23(31)11-13-24)40(37,38)26-16-14-25(39-5)15-17-26/h6-17,20H,18-19H2,1-5H3,(H,32,36)/t20-/m1/s1. The molecule has 0 bridgehead atoms. The molecule has 0 saturated heterocycles. The third-order valence-electron chi connectivity index (χ3n) is 5.97. The summed E-state index contributed by atoms with van der Waals surface area (Å²) < 4.78 is 47.3. The van der Waals surface area contributed by atoms with Gasteiger partial charge in [0, 0.05) is 17.1 Å². The van der Waals surface area contributed by atoms with Crippen LogP contribution in [0, 0.1) is 5.82 Å². The number of halogens is 2. The molecule has 2 amide bonds. The van der Waals surface area contributed by atoms with Crippen LogP contribution >= 0.6 is 11.6 Å². The summed E-state index contributed by atoms with van der Waals surface area (Å²) in [6, 6.07) is 16.3. The molecule has 214 valence electrons. The summed E-state index contributed by atoms with van der Waals surface area (Å²) in [6.07, 6.45) is 0. The summed E-state index contributed by atoms with van der Waals surface area (Å²) in [5.41, 5.74) is 0.223. The number of carbonyl (C=O) groups is 2. The van der Waals surface area contributed by atoms with Gasteiger partial charge >= 0.3 is 0 Å². The fraction of sp³-hybridized carbons (Fsp3) is 0.310. The molecule has 0 radical (unpaired) electrons. The molecule has 0 unspecified atom stereocenters. The molecular formula is C29H33ClFN3O5S. The Hall–Kier alpha value is -3.63. The maximum absolute atomic E-state index is 13.9. The Labute approximate surface area is 239 Å². The van der Waals surface area contributed by atoms with Crippen molar-refractivity contribution in [2.24, 2.45) is 0 Å². The second-order valence-electron chi connectivity index (χ2n) is 10.2. The second-order valence-corrected chi connectivity index (χ2v) is 12.5. The van der Waals surface area contributed by atoms with Crippen molar-refractivity contribution in [2.75, 3.05) is 18.0 Å². The minimum atomic E-state index is -4.28. The van der Waals surface area contributed by atoms with Gasteiger partial charge < -0.3 is 15.0 Å². The largest absolute Gasteiger partial charge is 0.497 e. The zero-order valence-electron chi connectivity index (χ0n) is 23.0. The minimum absolute atomic E-state index is 0.0224. The summed E-state index contributed by atoms with van der Waals surface area (Å²) >= 11 is 6.02. The van der Waals surface area contributed by atoms with Crippen molar-refractivity contribution in [1.29, 1.82) is 0 Å². The van der Waals surface area contributed by atoms with Gasteiger partial charge in [-0.3, -0.25) is 13.9 Å². The summed E-state index contributed by atoms with van der Waals surface area (Å²) in [5, 5.41) is 3.38. The molecular weight excluding hydrogens is 557 g/mol. The van der Waals surface area contributed by atoms with Gasteiger partial charge in [-0.2, -0.15) is 0 Å². The van der Waals surface area contributed by atoms with E-state index >= 15 is 0 Å². The molecule has 0 heterocycles. The third kappa shape index (κ3) is 7.95. The van der Waals surface area contributed by atoms with Crippen LogP contribution in [0.3, 0.4) is 0 Å². The molecule has 0 aromatic heterocycles. The Morgan fingerprint density at radius 3 is 2.08 bits per heavy atom. The number of carbonyl (C=O) groups excluding carboxylic acids is 2. The van der Waals surface area contributed by atoms with E-state index in [9.17, 15) is 22.4 Å². The monoisotopic (exact) mass is 589 g/mol. The van der Waals surface area contributed by atoms with Crippen molar-refractivity contribution >= 4 is 39.1 Å². The molecule has 3 aromatic rings. The lowest BCUT2D eigenvalue weighted by Crippen LogP contribution is -2.54. The first-order valence-electron chi connectivity index (χ1n) is 12.5. The van der Waals surface area contributed by atoms with E-state index in [1.807, 2.05) is 20.8 Å². The lowest BCUT2D eigenvalue weighted by Gasteiger charge is -2.33. The number of hydrogen-bond acceptors (Lipinski definition) is 5. The molecule has 1 atom stereocenters. The molecule has 3 rings (SSSR count). The number of anilines is 1.